The molecule has 1 heteroatoms. The lowest BCUT2D eigenvalue weighted by molar-refractivity contribution is 0.803. The zero-order chi connectivity index (χ0) is 29.1. The zero-order valence-electron chi connectivity index (χ0n) is 24.1. The molecular weight excluding hydrogens is 537 g/mol. The molecule has 0 nitrogen and oxygen atoms in total. The van der Waals surface area contributed by atoms with Gasteiger partial charge in [-0.05, 0) is 91.2 Å². The van der Waals surface area contributed by atoms with Crippen LogP contribution in [0.3, 0.4) is 0 Å². The summed E-state index contributed by atoms with van der Waals surface area (Å²) in [5.41, 5.74) is 14.9. The van der Waals surface area contributed by atoms with Gasteiger partial charge in [-0.15, -0.1) is 11.3 Å². The van der Waals surface area contributed by atoms with Crippen molar-refractivity contribution in [2.24, 2.45) is 0 Å². The second-order valence-corrected chi connectivity index (χ2v) is 12.4. The van der Waals surface area contributed by atoms with Gasteiger partial charge in [0.25, 0.3) is 0 Å². The van der Waals surface area contributed by atoms with Crippen LogP contribution >= 0.6 is 11.3 Å². The number of benzene rings is 5. The van der Waals surface area contributed by atoms with Crippen LogP contribution in [0.1, 0.15) is 34.7 Å². The minimum Gasteiger partial charge on any atom is -0.135 e. The van der Waals surface area contributed by atoms with E-state index in [1.165, 1.54) is 65.0 Å². The molecule has 1 atom stereocenters. The molecule has 1 heterocycles. The van der Waals surface area contributed by atoms with E-state index in [0.29, 0.717) is 0 Å². The molecule has 0 saturated carbocycles. The van der Waals surface area contributed by atoms with Gasteiger partial charge in [0, 0.05) is 9.58 Å². The van der Waals surface area contributed by atoms with Gasteiger partial charge in [-0.2, -0.15) is 0 Å². The van der Waals surface area contributed by atoms with Crippen molar-refractivity contribution in [3.63, 3.8) is 0 Å². The molecule has 6 aromatic rings. The zero-order valence-corrected chi connectivity index (χ0v) is 24.9. The fourth-order valence-corrected chi connectivity index (χ4v) is 8.67. The summed E-state index contributed by atoms with van der Waals surface area (Å²) in [6.07, 6.45) is 7.94. The van der Waals surface area contributed by atoms with Crippen LogP contribution in [0.4, 0.5) is 0 Å². The highest BCUT2D eigenvalue weighted by molar-refractivity contribution is 7.22. The fraction of sp³-hybridized carbons (Fsp3) is 0.0476. The largest absolute Gasteiger partial charge is 0.135 e. The molecule has 0 fully saturated rings. The standard InChI is InChI=1S/C42H30S/c1-4-12-28(13-5-2)27(3)29-20-22-30(23-21-29)31-24-25-38-35(26-31)32-14-6-9-17-36(32)42(38)37-18-10-7-15-33(37)41-40(42)34-16-8-11-19-39(34)43-41/h4-26H,1,3H2,2H3/b13-5-,28-12+. The minimum absolute atomic E-state index is 0.321. The van der Waals surface area contributed by atoms with Gasteiger partial charge in [0.15, 0.2) is 0 Å². The van der Waals surface area contributed by atoms with E-state index in [0.717, 1.165) is 16.7 Å². The third-order valence-electron chi connectivity index (χ3n) is 9.15. The maximum absolute atomic E-state index is 4.37. The van der Waals surface area contributed by atoms with E-state index >= 15 is 0 Å². The minimum atomic E-state index is -0.321. The number of thiophene rings is 1. The lowest BCUT2D eigenvalue weighted by Crippen LogP contribution is -2.25. The summed E-state index contributed by atoms with van der Waals surface area (Å²) in [5, 5.41) is 1.36. The second-order valence-electron chi connectivity index (χ2n) is 11.3. The summed E-state index contributed by atoms with van der Waals surface area (Å²) in [6, 6.07) is 42.9. The Morgan fingerprint density at radius 1 is 0.698 bits per heavy atom. The van der Waals surface area contributed by atoms with Crippen LogP contribution in [0.15, 0.2) is 158 Å². The van der Waals surface area contributed by atoms with Gasteiger partial charge in [0.2, 0.25) is 0 Å². The third kappa shape index (κ3) is 3.55. The van der Waals surface area contributed by atoms with Crippen LogP contribution in [0.2, 0.25) is 0 Å². The highest BCUT2D eigenvalue weighted by Crippen LogP contribution is 2.66. The first-order chi connectivity index (χ1) is 21.2. The van der Waals surface area contributed by atoms with Crippen LogP contribution < -0.4 is 0 Å². The highest BCUT2D eigenvalue weighted by Gasteiger charge is 2.53. The number of allylic oxidation sites excluding steroid dienone is 6. The van der Waals surface area contributed by atoms with Gasteiger partial charge in [-0.3, -0.25) is 0 Å². The number of hydrogen-bond donors (Lipinski definition) is 0. The Balaban J connectivity index is 1.31. The van der Waals surface area contributed by atoms with Crippen molar-refractivity contribution in [3.05, 3.63) is 186 Å². The van der Waals surface area contributed by atoms with Gasteiger partial charge in [-0.1, -0.05) is 141 Å². The molecule has 204 valence electrons. The van der Waals surface area contributed by atoms with Crippen LogP contribution in [-0.2, 0) is 5.41 Å². The Labute approximate surface area is 257 Å². The van der Waals surface area contributed by atoms with E-state index in [4.69, 9.17) is 0 Å². The molecule has 0 N–H and O–H groups in total. The first kappa shape index (κ1) is 25.7. The van der Waals surface area contributed by atoms with Gasteiger partial charge < -0.3 is 0 Å². The van der Waals surface area contributed by atoms with Crippen molar-refractivity contribution in [1.82, 2.24) is 0 Å². The normalized spacial score (nSPS) is 16.3. The van der Waals surface area contributed by atoms with E-state index in [1.54, 1.807) is 0 Å². The Hall–Kier alpha value is -4.98. The average molecular weight is 567 g/mol. The van der Waals surface area contributed by atoms with Crippen molar-refractivity contribution < 1.29 is 0 Å². The van der Waals surface area contributed by atoms with Gasteiger partial charge >= 0.3 is 0 Å². The number of rotatable bonds is 5. The van der Waals surface area contributed by atoms with E-state index in [-0.39, 0.29) is 5.41 Å². The molecule has 2 aliphatic rings. The Morgan fingerprint density at radius 2 is 1.35 bits per heavy atom. The van der Waals surface area contributed by atoms with Gasteiger partial charge in [-0.25, -0.2) is 0 Å². The summed E-state index contributed by atoms with van der Waals surface area (Å²) in [7, 11) is 0. The molecule has 1 spiro atoms. The Kier molecular flexibility index (Phi) is 5.86. The van der Waals surface area contributed by atoms with E-state index < -0.39 is 0 Å². The molecule has 1 aromatic heterocycles. The average Bonchev–Trinajstić information content (AvgIpc) is 3.68. The monoisotopic (exact) mass is 566 g/mol. The Morgan fingerprint density at radius 3 is 2.12 bits per heavy atom. The van der Waals surface area contributed by atoms with Crippen LogP contribution in [-0.4, -0.2) is 0 Å². The summed E-state index contributed by atoms with van der Waals surface area (Å²) < 4.78 is 1.35. The topological polar surface area (TPSA) is 0 Å². The SMILES string of the molecule is C=C/C=C(\C=C/C)C(=C)c1ccc(-c2ccc3c(c2)-c2ccccc2C32c3ccccc3-c3sc4ccccc4c32)cc1. The lowest BCUT2D eigenvalue weighted by atomic mass is 9.70. The number of hydrogen-bond acceptors (Lipinski definition) is 1. The summed E-state index contributed by atoms with van der Waals surface area (Å²) >= 11 is 1.93. The van der Waals surface area contributed by atoms with E-state index in [2.05, 4.69) is 134 Å². The molecule has 2 aliphatic carbocycles. The maximum Gasteiger partial charge on any atom is 0.0740 e. The molecule has 5 aromatic carbocycles. The van der Waals surface area contributed by atoms with Crippen molar-refractivity contribution in [1.29, 1.82) is 0 Å². The van der Waals surface area contributed by atoms with Gasteiger partial charge in [0.05, 0.1) is 5.41 Å². The van der Waals surface area contributed by atoms with Crippen molar-refractivity contribution in [2.75, 3.05) is 0 Å². The van der Waals surface area contributed by atoms with Crippen molar-refractivity contribution in [2.45, 2.75) is 12.3 Å². The first-order valence-corrected chi connectivity index (χ1v) is 15.6. The number of fused-ring (bicyclic) bond motifs is 12. The molecular formula is C42H30S. The Bertz CT molecular complexity index is 2170. The summed E-state index contributed by atoms with van der Waals surface area (Å²) in [6.45, 7) is 10.3. The summed E-state index contributed by atoms with van der Waals surface area (Å²) in [5.74, 6) is 0. The van der Waals surface area contributed by atoms with Crippen LogP contribution in [0.25, 0.3) is 48.4 Å². The highest BCUT2D eigenvalue weighted by atomic mass is 32.1. The molecule has 0 saturated heterocycles. The third-order valence-corrected chi connectivity index (χ3v) is 10.4. The molecule has 0 radical (unpaired) electrons. The van der Waals surface area contributed by atoms with E-state index in [1.807, 2.05) is 36.5 Å². The first-order valence-electron chi connectivity index (χ1n) is 14.8. The second kappa shape index (κ2) is 9.80. The molecule has 0 aliphatic heterocycles. The molecule has 0 bridgehead atoms. The fourth-order valence-electron chi connectivity index (χ4n) is 7.37. The van der Waals surface area contributed by atoms with Gasteiger partial charge in [0.1, 0.15) is 0 Å². The quantitative estimate of drug-likeness (QED) is 0.182. The van der Waals surface area contributed by atoms with Crippen molar-refractivity contribution in [3.8, 4) is 32.7 Å². The van der Waals surface area contributed by atoms with E-state index in [9.17, 15) is 0 Å². The smallest absolute Gasteiger partial charge is 0.0740 e. The molecule has 1 unspecified atom stereocenters. The summed E-state index contributed by atoms with van der Waals surface area (Å²) in [4.78, 5) is 1.40. The molecule has 8 rings (SSSR count). The van der Waals surface area contributed by atoms with Crippen LogP contribution in [0.5, 0.6) is 0 Å². The molecule has 0 amide bonds. The molecule has 43 heavy (non-hydrogen) atoms. The lowest BCUT2D eigenvalue weighted by Gasteiger charge is -2.30. The maximum atomic E-state index is 4.37. The van der Waals surface area contributed by atoms with Crippen molar-refractivity contribution >= 4 is 27.0 Å². The predicted octanol–water partition coefficient (Wildman–Crippen LogP) is 11.6. The van der Waals surface area contributed by atoms with Crippen LogP contribution in [0, 0.1) is 0 Å². The predicted molar refractivity (Wildman–Crippen MR) is 186 cm³/mol.